The Bertz CT molecular complexity index is 697. The molecule has 0 aliphatic heterocycles. The lowest BCUT2D eigenvalue weighted by atomic mass is 10.0. The molecule has 1 aromatic heterocycles. The normalized spacial score (nSPS) is 19.3. The highest BCUT2D eigenvalue weighted by molar-refractivity contribution is 7.13. The van der Waals surface area contributed by atoms with Gasteiger partial charge in [-0.05, 0) is 23.5 Å². The number of aromatic nitrogens is 1. The molecule has 6 heteroatoms. The Morgan fingerprint density at radius 1 is 1.39 bits per heavy atom. The molecule has 0 saturated heterocycles. The summed E-state index contributed by atoms with van der Waals surface area (Å²) in [5.74, 6) is 0.415. The molecule has 3 rings (SSSR count). The molecule has 2 N–H and O–H groups in total. The maximum atomic E-state index is 12.2. The van der Waals surface area contributed by atoms with E-state index in [1.54, 1.807) is 11.3 Å². The fourth-order valence-electron chi connectivity index (χ4n) is 2.96. The molecule has 0 radical (unpaired) electrons. The van der Waals surface area contributed by atoms with Crippen molar-refractivity contribution in [2.45, 2.75) is 25.9 Å². The van der Waals surface area contributed by atoms with E-state index in [-0.39, 0.29) is 12.1 Å². The van der Waals surface area contributed by atoms with Crippen LogP contribution in [0.5, 0.6) is 0 Å². The SMILES string of the molecule is C[C@@H]1Cc2ccccc2[C@@H]1NC(=O)NCc1csc(N(C)C)n1. The number of rotatable bonds is 4. The van der Waals surface area contributed by atoms with Gasteiger partial charge in [-0.25, -0.2) is 9.78 Å². The molecule has 1 heterocycles. The van der Waals surface area contributed by atoms with Crippen molar-refractivity contribution in [3.8, 4) is 0 Å². The van der Waals surface area contributed by atoms with Gasteiger partial charge in [-0.1, -0.05) is 31.2 Å². The van der Waals surface area contributed by atoms with Crippen LogP contribution in [-0.4, -0.2) is 25.1 Å². The Morgan fingerprint density at radius 2 is 2.17 bits per heavy atom. The van der Waals surface area contributed by atoms with E-state index >= 15 is 0 Å². The third kappa shape index (κ3) is 3.47. The highest BCUT2D eigenvalue weighted by atomic mass is 32.1. The van der Waals surface area contributed by atoms with E-state index in [1.165, 1.54) is 11.1 Å². The molecule has 0 spiro atoms. The summed E-state index contributed by atoms with van der Waals surface area (Å²) in [5, 5.41) is 8.93. The van der Waals surface area contributed by atoms with Gasteiger partial charge in [0.2, 0.25) is 0 Å². The van der Waals surface area contributed by atoms with Crippen molar-refractivity contribution >= 4 is 22.5 Å². The second-order valence-corrected chi connectivity index (χ2v) is 7.04. The molecule has 23 heavy (non-hydrogen) atoms. The van der Waals surface area contributed by atoms with Crippen molar-refractivity contribution in [2.24, 2.45) is 5.92 Å². The number of thiazole rings is 1. The van der Waals surface area contributed by atoms with Gasteiger partial charge < -0.3 is 15.5 Å². The summed E-state index contributed by atoms with van der Waals surface area (Å²) in [6.45, 7) is 2.62. The second-order valence-electron chi connectivity index (χ2n) is 6.20. The maximum Gasteiger partial charge on any atom is 0.315 e. The first-order chi connectivity index (χ1) is 11.0. The number of fused-ring (bicyclic) bond motifs is 1. The van der Waals surface area contributed by atoms with Gasteiger partial charge in [0, 0.05) is 19.5 Å². The van der Waals surface area contributed by atoms with Gasteiger partial charge >= 0.3 is 6.03 Å². The van der Waals surface area contributed by atoms with Crippen LogP contribution in [0.3, 0.4) is 0 Å². The zero-order chi connectivity index (χ0) is 16.4. The van der Waals surface area contributed by atoms with Crippen LogP contribution in [0.15, 0.2) is 29.6 Å². The quantitative estimate of drug-likeness (QED) is 0.906. The monoisotopic (exact) mass is 330 g/mol. The molecule has 1 aliphatic carbocycles. The van der Waals surface area contributed by atoms with Gasteiger partial charge in [0.1, 0.15) is 0 Å². The molecule has 0 saturated carbocycles. The van der Waals surface area contributed by atoms with Gasteiger partial charge in [0.05, 0.1) is 18.3 Å². The third-order valence-corrected chi connectivity index (χ3v) is 5.20. The zero-order valence-electron chi connectivity index (χ0n) is 13.7. The largest absolute Gasteiger partial charge is 0.354 e. The van der Waals surface area contributed by atoms with E-state index in [1.807, 2.05) is 30.4 Å². The van der Waals surface area contributed by atoms with Gasteiger partial charge in [-0.15, -0.1) is 11.3 Å². The third-order valence-electron chi connectivity index (χ3n) is 4.14. The van der Waals surface area contributed by atoms with E-state index < -0.39 is 0 Å². The Balaban J connectivity index is 1.57. The fourth-order valence-corrected chi connectivity index (χ4v) is 3.72. The molecule has 0 unspecified atom stereocenters. The molecule has 2 atom stereocenters. The van der Waals surface area contributed by atoms with Crippen LogP contribution < -0.4 is 15.5 Å². The number of hydrogen-bond acceptors (Lipinski definition) is 4. The van der Waals surface area contributed by atoms with Gasteiger partial charge in [0.25, 0.3) is 0 Å². The summed E-state index contributed by atoms with van der Waals surface area (Å²) in [6.07, 6.45) is 1.01. The van der Waals surface area contributed by atoms with E-state index in [4.69, 9.17) is 0 Å². The van der Waals surface area contributed by atoms with Crippen LogP contribution in [0.1, 0.15) is 29.8 Å². The molecular weight excluding hydrogens is 308 g/mol. The van der Waals surface area contributed by atoms with Crippen molar-refractivity contribution in [3.05, 3.63) is 46.5 Å². The molecule has 1 aliphatic rings. The van der Waals surface area contributed by atoms with E-state index in [9.17, 15) is 4.79 Å². The standard InChI is InChI=1S/C17H22N4OS/c1-11-8-12-6-4-5-7-14(12)15(11)20-16(22)18-9-13-10-23-17(19-13)21(2)3/h4-7,10-11,15H,8-9H2,1-3H3,(H2,18,20,22)/t11-,15-/m1/s1. The van der Waals surface area contributed by atoms with Crippen molar-refractivity contribution in [2.75, 3.05) is 19.0 Å². The van der Waals surface area contributed by atoms with E-state index in [0.29, 0.717) is 12.5 Å². The van der Waals surface area contributed by atoms with Crippen LogP contribution in [0.2, 0.25) is 0 Å². The van der Waals surface area contributed by atoms with E-state index in [2.05, 4.69) is 40.7 Å². The summed E-state index contributed by atoms with van der Waals surface area (Å²) >= 11 is 1.58. The summed E-state index contributed by atoms with van der Waals surface area (Å²) in [5.41, 5.74) is 3.45. The zero-order valence-corrected chi connectivity index (χ0v) is 14.5. The number of amides is 2. The summed E-state index contributed by atoms with van der Waals surface area (Å²) in [7, 11) is 3.92. The van der Waals surface area contributed by atoms with Crippen LogP contribution in [-0.2, 0) is 13.0 Å². The topological polar surface area (TPSA) is 57.3 Å². The first-order valence-electron chi connectivity index (χ1n) is 7.78. The average molecular weight is 330 g/mol. The predicted octanol–water partition coefficient (Wildman–Crippen LogP) is 2.94. The lowest BCUT2D eigenvalue weighted by Crippen LogP contribution is -2.38. The van der Waals surface area contributed by atoms with Gasteiger partial charge in [-0.3, -0.25) is 0 Å². The Labute approximate surface area is 140 Å². The Hall–Kier alpha value is -2.08. The second kappa shape index (κ2) is 6.58. The van der Waals surface area contributed by atoms with Crippen molar-refractivity contribution in [3.63, 3.8) is 0 Å². The minimum Gasteiger partial charge on any atom is -0.354 e. The van der Waals surface area contributed by atoms with Crippen LogP contribution in [0.4, 0.5) is 9.93 Å². The average Bonchev–Trinajstić information content (AvgIpc) is 3.11. The molecule has 2 aromatic rings. The highest BCUT2D eigenvalue weighted by Gasteiger charge is 2.30. The lowest BCUT2D eigenvalue weighted by Gasteiger charge is -2.19. The molecule has 5 nitrogen and oxygen atoms in total. The molecule has 2 amide bonds. The number of anilines is 1. The minimum atomic E-state index is -0.141. The van der Waals surface area contributed by atoms with Crippen molar-refractivity contribution in [1.82, 2.24) is 15.6 Å². The fraction of sp³-hybridized carbons (Fsp3) is 0.412. The molecule has 122 valence electrons. The van der Waals surface area contributed by atoms with Crippen LogP contribution >= 0.6 is 11.3 Å². The van der Waals surface area contributed by atoms with Crippen LogP contribution in [0.25, 0.3) is 0 Å². The maximum absolute atomic E-state index is 12.2. The Morgan fingerprint density at radius 3 is 2.91 bits per heavy atom. The molecule has 1 aromatic carbocycles. The number of nitrogens with one attached hydrogen (secondary N) is 2. The molecule has 0 fully saturated rings. The van der Waals surface area contributed by atoms with Crippen LogP contribution in [0, 0.1) is 5.92 Å². The molecule has 0 bridgehead atoms. The summed E-state index contributed by atoms with van der Waals surface area (Å²) in [6, 6.07) is 8.27. The van der Waals surface area contributed by atoms with Crippen molar-refractivity contribution < 1.29 is 4.79 Å². The number of nitrogens with zero attached hydrogens (tertiary/aromatic N) is 2. The first kappa shape index (κ1) is 15.8. The number of hydrogen-bond donors (Lipinski definition) is 2. The lowest BCUT2D eigenvalue weighted by molar-refractivity contribution is 0.233. The van der Waals surface area contributed by atoms with Crippen molar-refractivity contribution in [1.29, 1.82) is 0 Å². The highest BCUT2D eigenvalue weighted by Crippen LogP contribution is 2.35. The van der Waals surface area contributed by atoms with E-state index in [0.717, 1.165) is 17.2 Å². The summed E-state index contributed by atoms with van der Waals surface area (Å²) < 4.78 is 0. The number of carbonyl (C=O) groups excluding carboxylic acids is 1. The first-order valence-corrected chi connectivity index (χ1v) is 8.66. The number of urea groups is 1. The predicted molar refractivity (Wildman–Crippen MR) is 93.9 cm³/mol. The van der Waals surface area contributed by atoms with Gasteiger partial charge in [0.15, 0.2) is 5.13 Å². The van der Waals surface area contributed by atoms with Gasteiger partial charge in [-0.2, -0.15) is 0 Å². The minimum absolute atomic E-state index is 0.0824. The smallest absolute Gasteiger partial charge is 0.315 e. The molecular formula is C17H22N4OS. The number of carbonyl (C=O) groups is 1. The number of benzene rings is 1. The Kier molecular flexibility index (Phi) is 4.52. The summed E-state index contributed by atoms with van der Waals surface area (Å²) in [4.78, 5) is 18.6.